The average molecular weight is 363 g/mol. The third-order valence-electron chi connectivity index (χ3n) is 4.44. The van der Waals surface area contributed by atoms with E-state index in [0.29, 0.717) is 17.8 Å². The fourth-order valence-corrected chi connectivity index (χ4v) is 2.95. The first-order chi connectivity index (χ1) is 12.1. The normalized spacial score (nSPS) is 16.7. The summed E-state index contributed by atoms with van der Waals surface area (Å²) in [6.45, 7) is 14.7. The minimum atomic E-state index is -4.34. The van der Waals surface area contributed by atoms with Gasteiger partial charge in [-0.05, 0) is 32.4 Å². The average Bonchev–Trinajstić information content (AvgIpc) is 2.57. The number of allylic oxidation sites excluding steroid dienone is 1. The molecule has 140 valence electrons. The van der Waals surface area contributed by atoms with E-state index in [1.807, 2.05) is 37.6 Å². The molecule has 1 aromatic rings. The van der Waals surface area contributed by atoms with Crippen LogP contribution in [-0.4, -0.2) is 29.1 Å². The number of hydrogen-bond acceptors (Lipinski definition) is 3. The van der Waals surface area contributed by atoms with Gasteiger partial charge in [-0.3, -0.25) is 0 Å². The van der Waals surface area contributed by atoms with Gasteiger partial charge in [0.05, 0.1) is 5.56 Å². The van der Waals surface area contributed by atoms with E-state index in [1.165, 1.54) is 12.1 Å². The van der Waals surface area contributed by atoms with Crippen LogP contribution in [0.15, 0.2) is 65.3 Å². The molecule has 0 atom stereocenters. The Kier molecular flexibility index (Phi) is 5.64. The molecule has 1 aliphatic heterocycles. The summed E-state index contributed by atoms with van der Waals surface area (Å²) in [5.74, 6) is 1.49. The van der Waals surface area contributed by atoms with Gasteiger partial charge in [-0.25, -0.2) is 4.99 Å². The maximum Gasteiger partial charge on any atom is 0.416 e. The highest BCUT2D eigenvalue weighted by Crippen LogP contribution is 2.32. The summed E-state index contributed by atoms with van der Waals surface area (Å²) in [6, 6.07) is 5.34. The number of aliphatic imine (C=N–C) groups is 1. The van der Waals surface area contributed by atoms with Crippen LogP contribution in [-0.2, 0) is 12.6 Å². The minimum Gasteiger partial charge on any atom is -0.329 e. The monoisotopic (exact) mass is 363 g/mol. The SMILES string of the molecule is C=C1C(C)=C(/N=C(\C)Cc2cccc(C(F)(F)F)c2)N(C)C(=C)N1CC. The van der Waals surface area contributed by atoms with E-state index in [-0.39, 0.29) is 0 Å². The minimum absolute atomic E-state index is 0.338. The Morgan fingerprint density at radius 2 is 1.88 bits per heavy atom. The van der Waals surface area contributed by atoms with E-state index in [0.717, 1.165) is 35.4 Å². The molecule has 0 saturated carbocycles. The van der Waals surface area contributed by atoms with Gasteiger partial charge in [0.2, 0.25) is 0 Å². The summed E-state index contributed by atoms with van der Waals surface area (Å²) in [4.78, 5) is 8.52. The van der Waals surface area contributed by atoms with Crippen LogP contribution in [0.5, 0.6) is 0 Å². The Morgan fingerprint density at radius 3 is 2.46 bits per heavy atom. The molecule has 0 radical (unpaired) electrons. The van der Waals surface area contributed by atoms with Gasteiger partial charge in [-0.2, -0.15) is 13.2 Å². The molecule has 1 aromatic carbocycles. The molecule has 6 heteroatoms. The largest absolute Gasteiger partial charge is 0.416 e. The molecule has 0 bridgehead atoms. The molecule has 2 rings (SSSR count). The van der Waals surface area contributed by atoms with Gasteiger partial charge >= 0.3 is 6.18 Å². The van der Waals surface area contributed by atoms with Crippen LogP contribution in [0.1, 0.15) is 31.9 Å². The van der Waals surface area contributed by atoms with Crippen molar-refractivity contribution in [1.29, 1.82) is 0 Å². The lowest BCUT2D eigenvalue weighted by atomic mass is 10.1. The molecule has 0 aliphatic carbocycles. The maximum atomic E-state index is 12.9. The quantitative estimate of drug-likeness (QED) is 0.686. The van der Waals surface area contributed by atoms with Crippen molar-refractivity contribution in [3.05, 3.63) is 71.5 Å². The molecule has 1 aliphatic rings. The molecule has 0 amide bonds. The molecule has 0 fully saturated rings. The van der Waals surface area contributed by atoms with Crippen molar-refractivity contribution in [3.8, 4) is 0 Å². The van der Waals surface area contributed by atoms with Crippen molar-refractivity contribution in [3.63, 3.8) is 0 Å². The van der Waals surface area contributed by atoms with Crippen molar-refractivity contribution in [2.75, 3.05) is 13.6 Å². The fraction of sp³-hybridized carbons (Fsp3) is 0.350. The summed E-state index contributed by atoms with van der Waals surface area (Å²) in [7, 11) is 1.87. The number of halogens is 3. The lowest BCUT2D eigenvalue weighted by Crippen LogP contribution is -2.36. The molecule has 26 heavy (non-hydrogen) atoms. The Labute approximate surface area is 152 Å². The zero-order valence-electron chi connectivity index (χ0n) is 15.6. The predicted molar refractivity (Wildman–Crippen MR) is 99.4 cm³/mol. The van der Waals surface area contributed by atoms with E-state index < -0.39 is 11.7 Å². The highest BCUT2D eigenvalue weighted by Gasteiger charge is 2.30. The van der Waals surface area contributed by atoms with Crippen molar-refractivity contribution < 1.29 is 13.2 Å². The molecular formula is C20H24F3N3. The van der Waals surface area contributed by atoms with E-state index in [1.54, 1.807) is 6.07 Å². The third-order valence-corrected chi connectivity index (χ3v) is 4.44. The molecule has 1 heterocycles. The van der Waals surface area contributed by atoms with Gasteiger partial charge in [-0.1, -0.05) is 31.4 Å². The highest BCUT2D eigenvalue weighted by molar-refractivity contribution is 5.85. The van der Waals surface area contributed by atoms with Gasteiger partial charge in [0.25, 0.3) is 0 Å². The van der Waals surface area contributed by atoms with Crippen LogP contribution in [0, 0.1) is 0 Å². The molecule has 0 unspecified atom stereocenters. The maximum absolute atomic E-state index is 12.9. The topological polar surface area (TPSA) is 18.8 Å². The Bertz CT molecular complexity index is 788. The molecule has 0 aromatic heterocycles. The highest BCUT2D eigenvalue weighted by atomic mass is 19.4. The first-order valence-corrected chi connectivity index (χ1v) is 8.36. The van der Waals surface area contributed by atoms with Gasteiger partial charge in [0.15, 0.2) is 0 Å². The number of nitrogens with zero attached hydrogens (tertiary/aromatic N) is 3. The van der Waals surface area contributed by atoms with Crippen molar-refractivity contribution in [1.82, 2.24) is 9.80 Å². The van der Waals surface area contributed by atoms with Crippen LogP contribution in [0.4, 0.5) is 13.2 Å². The molecule has 0 saturated heterocycles. The predicted octanol–water partition coefficient (Wildman–Crippen LogP) is 5.19. The molecule has 0 N–H and O–H groups in total. The first kappa shape index (κ1) is 19.8. The summed E-state index contributed by atoms with van der Waals surface area (Å²) in [5, 5.41) is 0. The standard InChI is InChI=1S/C20H24F3N3/c1-7-26-15(4)14(3)19(25(6)16(26)5)24-13(2)11-17-9-8-10-18(12-17)20(21,22)23/h8-10,12H,4-5,7,11H2,1-3,6H3/b24-13+. The van der Waals surface area contributed by atoms with Crippen LogP contribution in [0.2, 0.25) is 0 Å². The lowest BCUT2D eigenvalue weighted by Gasteiger charge is -2.39. The number of hydrogen-bond donors (Lipinski definition) is 0. The second-order valence-electron chi connectivity index (χ2n) is 6.34. The van der Waals surface area contributed by atoms with E-state index in [2.05, 4.69) is 18.2 Å². The second-order valence-corrected chi connectivity index (χ2v) is 6.34. The van der Waals surface area contributed by atoms with Crippen LogP contribution >= 0.6 is 0 Å². The summed E-state index contributed by atoms with van der Waals surface area (Å²) >= 11 is 0. The van der Waals surface area contributed by atoms with Crippen LogP contribution in [0.25, 0.3) is 0 Å². The smallest absolute Gasteiger partial charge is 0.329 e. The van der Waals surface area contributed by atoms with Gasteiger partial charge in [0, 0.05) is 37.0 Å². The van der Waals surface area contributed by atoms with Crippen molar-refractivity contribution >= 4 is 5.71 Å². The van der Waals surface area contributed by atoms with Crippen LogP contribution < -0.4 is 0 Å². The Morgan fingerprint density at radius 1 is 1.23 bits per heavy atom. The molecule has 3 nitrogen and oxygen atoms in total. The van der Waals surface area contributed by atoms with Gasteiger partial charge in [-0.15, -0.1) is 0 Å². The molecule has 0 spiro atoms. The number of rotatable bonds is 4. The van der Waals surface area contributed by atoms with Crippen LogP contribution in [0.3, 0.4) is 0 Å². The first-order valence-electron chi connectivity index (χ1n) is 8.36. The molecular weight excluding hydrogens is 339 g/mol. The summed E-state index contributed by atoms with van der Waals surface area (Å²) in [5.41, 5.74) is 2.40. The fourth-order valence-electron chi connectivity index (χ4n) is 2.95. The Balaban J connectivity index is 2.31. The zero-order chi connectivity index (χ0) is 19.6. The summed E-state index contributed by atoms with van der Waals surface area (Å²) < 4.78 is 38.6. The van der Waals surface area contributed by atoms with Crippen molar-refractivity contribution in [2.24, 2.45) is 4.99 Å². The number of likely N-dealkylation sites (N-methyl/N-ethyl adjacent to an activating group) is 1. The van der Waals surface area contributed by atoms with E-state index in [4.69, 9.17) is 0 Å². The number of benzene rings is 1. The van der Waals surface area contributed by atoms with E-state index >= 15 is 0 Å². The van der Waals surface area contributed by atoms with Gasteiger partial charge < -0.3 is 9.80 Å². The zero-order valence-corrected chi connectivity index (χ0v) is 15.6. The lowest BCUT2D eigenvalue weighted by molar-refractivity contribution is -0.137. The van der Waals surface area contributed by atoms with Crippen molar-refractivity contribution in [2.45, 2.75) is 33.4 Å². The third kappa shape index (κ3) is 4.00. The summed E-state index contributed by atoms with van der Waals surface area (Å²) in [6.07, 6.45) is -4.01. The Hall–Kier alpha value is -2.50. The van der Waals surface area contributed by atoms with Gasteiger partial charge in [0.1, 0.15) is 11.6 Å². The second kappa shape index (κ2) is 7.40. The van der Waals surface area contributed by atoms with E-state index in [9.17, 15) is 13.2 Å². The number of alkyl halides is 3.